The molecule has 0 bridgehead atoms. The van der Waals surface area contributed by atoms with Crippen molar-refractivity contribution in [3.8, 4) is 16.9 Å². The van der Waals surface area contributed by atoms with Gasteiger partial charge in [0.15, 0.2) is 11.6 Å². The minimum atomic E-state index is 0.416. The van der Waals surface area contributed by atoms with Crippen LogP contribution >= 0.6 is 0 Å². The number of anilines is 1. The number of nitrogens with two attached hydrogens (primary N) is 1. The lowest BCUT2D eigenvalue weighted by molar-refractivity contribution is 0.417. The molecule has 1 aromatic heterocycles. The maximum Gasteiger partial charge on any atom is 0.168 e. The highest BCUT2D eigenvalue weighted by Gasteiger charge is 2.08. The number of pyridine rings is 1. The Morgan fingerprint density at radius 3 is 2.53 bits per heavy atom. The van der Waals surface area contributed by atoms with E-state index in [0.717, 1.165) is 11.1 Å². The number of nitrogens with zero attached hydrogens (tertiary/aromatic N) is 1. The lowest BCUT2D eigenvalue weighted by atomic mass is 10.1. The van der Waals surface area contributed by atoms with E-state index in [1.54, 1.807) is 13.3 Å². The van der Waals surface area contributed by atoms with Crippen LogP contribution in [0, 0.1) is 0 Å². The van der Waals surface area contributed by atoms with Gasteiger partial charge >= 0.3 is 0 Å². The molecule has 3 nitrogen and oxygen atoms in total. The first-order valence-corrected chi connectivity index (χ1v) is 4.67. The summed E-state index contributed by atoms with van der Waals surface area (Å²) in [5.41, 5.74) is 7.77. The van der Waals surface area contributed by atoms with Crippen LogP contribution in [0.25, 0.3) is 11.1 Å². The topological polar surface area (TPSA) is 48.1 Å². The van der Waals surface area contributed by atoms with Crippen molar-refractivity contribution in [2.75, 3.05) is 12.8 Å². The van der Waals surface area contributed by atoms with Gasteiger partial charge in [0.25, 0.3) is 0 Å². The van der Waals surface area contributed by atoms with E-state index in [9.17, 15) is 0 Å². The molecular weight excluding hydrogens is 188 g/mol. The van der Waals surface area contributed by atoms with Crippen LogP contribution in [0.15, 0.2) is 42.6 Å². The third-order valence-corrected chi connectivity index (χ3v) is 2.22. The van der Waals surface area contributed by atoms with Crippen molar-refractivity contribution in [1.82, 2.24) is 4.98 Å². The first-order valence-electron chi connectivity index (χ1n) is 4.67. The Morgan fingerprint density at radius 1 is 1.13 bits per heavy atom. The maximum absolute atomic E-state index is 5.73. The Hall–Kier alpha value is -2.03. The van der Waals surface area contributed by atoms with Crippen LogP contribution in [0.2, 0.25) is 0 Å². The lowest BCUT2D eigenvalue weighted by Crippen LogP contribution is -1.97. The number of aromatic nitrogens is 1. The van der Waals surface area contributed by atoms with Gasteiger partial charge in [-0.25, -0.2) is 4.98 Å². The van der Waals surface area contributed by atoms with Gasteiger partial charge in [0, 0.05) is 11.8 Å². The van der Waals surface area contributed by atoms with E-state index in [1.165, 1.54) is 0 Å². The SMILES string of the molecule is COc1c(-c2ccccc2)ccnc1N. The van der Waals surface area contributed by atoms with Gasteiger partial charge in [-0.05, 0) is 11.6 Å². The zero-order valence-electron chi connectivity index (χ0n) is 8.47. The molecule has 1 aromatic carbocycles. The summed E-state index contributed by atoms with van der Waals surface area (Å²) in [5.74, 6) is 1.04. The Labute approximate surface area is 88.5 Å². The number of rotatable bonds is 2. The van der Waals surface area contributed by atoms with Crippen LogP contribution in [-0.2, 0) is 0 Å². The summed E-state index contributed by atoms with van der Waals surface area (Å²) >= 11 is 0. The van der Waals surface area contributed by atoms with Gasteiger partial charge in [-0.3, -0.25) is 0 Å². The first-order chi connectivity index (χ1) is 7.33. The standard InChI is InChI=1S/C12H12N2O/c1-15-11-10(7-8-14-12(11)13)9-5-3-2-4-6-9/h2-8H,1H3,(H2,13,14). The van der Waals surface area contributed by atoms with Crippen molar-refractivity contribution in [1.29, 1.82) is 0 Å². The zero-order chi connectivity index (χ0) is 10.7. The summed E-state index contributed by atoms with van der Waals surface area (Å²) < 4.78 is 5.24. The molecule has 0 saturated carbocycles. The monoisotopic (exact) mass is 200 g/mol. The molecule has 2 rings (SSSR count). The van der Waals surface area contributed by atoms with E-state index >= 15 is 0 Å². The van der Waals surface area contributed by atoms with Crippen LogP contribution in [0.5, 0.6) is 5.75 Å². The number of benzene rings is 1. The predicted molar refractivity (Wildman–Crippen MR) is 60.6 cm³/mol. The first kappa shape index (κ1) is 9.52. The van der Waals surface area contributed by atoms with E-state index in [1.807, 2.05) is 36.4 Å². The van der Waals surface area contributed by atoms with Crippen molar-refractivity contribution in [3.05, 3.63) is 42.6 Å². The normalized spacial score (nSPS) is 9.93. The number of hydrogen-bond acceptors (Lipinski definition) is 3. The zero-order valence-corrected chi connectivity index (χ0v) is 8.47. The molecule has 2 aromatic rings. The number of ether oxygens (including phenoxy) is 1. The molecular formula is C12H12N2O. The van der Waals surface area contributed by atoms with Crippen LogP contribution in [0.1, 0.15) is 0 Å². The van der Waals surface area contributed by atoms with Crippen LogP contribution in [-0.4, -0.2) is 12.1 Å². The van der Waals surface area contributed by atoms with Crippen LogP contribution in [0.4, 0.5) is 5.82 Å². The second kappa shape index (κ2) is 4.00. The molecule has 0 radical (unpaired) electrons. The Kier molecular flexibility index (Phi) is 2.54. The average Bonchev–Trinajstić information content (AvgIpc) is 2.30. The van der Waals surface area contributed by atoms with Crippen molar-refractivity contribution in [3.63, 3.8) is 0 Å². The molecule has 1 heterocycles. The molecule has 0 amide bonds. The fourth-order valence-corrected chi connectivity index (χ4v) is 1.52. The summed E-state index contributed by atoms with van der Waals surface area (Å²) in [6.07, 6.45) is 1.68. The molecule has 2 N–H and O–H groups in total. The molecule has 0 aliphatic rings. The van der Waals surface area contributed by atoms with Gasteiger partial charge in [0.1, 0.15) is 0 Å². The summed E-state index contributed by atoms with van der Waals surface area (Å²) in [4.78, 5) is 3.99. The Bertz CT molecular complexity index is 454. The van der Waals surface area contributed by atoms with E-state index in [2.05, 4.69) is 4.98 Å². The molecule has 0 spiro atoms. The third kappa shape index (κ3) is 1.76. The highest BCUT2D eigenvalue weighted by Crippen LogP contribution is 2.32. The molecule has 0 aliphatic carbocycles. The molecule has 0 saturated heterocycles. The van der Waals surface area contributed by atoms with Crippen LogP contribution in [0.3, 0.4) is 0 Å². The average molecular weight is 200 g/mol. The molecule has 0 fully saturated rings. The highest BCUT2D eigenvalue weighted by atomic mass is 16.5. The summed E-state index contributed by atoms with van der Waals surface area (Å²) in [7, 11) is 1.60. The maximum atomic E-state index is 5.73. The van der Waals surface area contributed by atoms with Crippen molar-refractivity contribution < 1.29 is 4.74 Å². The van der Waals surface area contributed by atoms with Crippen molar-refractivity contribution in [2.45, 2.75) is 0 Å². The third-order valence-electron chi connectivity index (χ3n) is 2.22. The second-order valence-corrected chi connectivity index (χ2v) is 3.14. The van der Waals surface area contributed by atoms with Crippen molar-refractivity contribution >= 4 is 5.82 Å². The van der Waals surface area contributed by atoms with E-state index in [-0.39, 0.29) is 0 Å². The molecule has 3 heteroatoms. The predicted octanol–water partition coefficient (Wildman–Crippen LogP) is 2.34. The Balaban J connectivity index is 2.58. The largest absolute Gasteiger partial charge is 0.492 e. The summed E-state index contributed by atoms with van der Waals surface area (Å²) in [6, 6.07) is 11.8. The van der Waals surface area contributed by atoms with E-state index < -0.39 is 0 Å². The fourth-order valence-electron chi connectivity index (χ4n) is 1.52. The molecule has 0 atom stereocenters. The molecule has 76 valence electrons. The van der Waals surface area contributed by atoms with Gasteiger partial charge in [-0.2, -0.15) is 0 Å². The van der Waals surface area contributed by atoms with Gasteiger partial charge < -0.3 is 10.5 Å². The smallest absolute Gasteiger partial charge is 0.168 e. The lowest BCUT2D eigenvalue weighted by Gasteiger charge is -2.09. The van der Waals surface area contributed by atoms with E-state index in [0.29, 0.717) is 11.6 Å². The van der Waals surface area contributed by atoms with Crippen molar-refractivity contribution in [2.24, 2.45) is 0 Å². The molecule has 15 heavy (non-hydrogen) atoms. The Morgan fingerprint density at radius 2 is 1.87 bits per heavy atom. The highest BCUT2D eigenvalue weighted by molar-refractivity contribution is 5.74. The number of nitrogen functional groups attached to an aromatic ring is 1. The molecule has 0 aliphatic heterocycles. The quantitative estimate of drug-likeness (QED) is 0.809. The van der Waals surface area contributed by atoms with Crippen LogP contribution < -0.4 is 10.5 Å². The summed E-state index contributed by atoms with van der Waals surface area (Å²) in [5, 5.41) is 0. The second-order valence-electron chi connectivity index (χ2n) is 3.14. The number of hydrogen-bond donors (Lipinski definition) is 1. The van der Waals surface area contributed by atoms with E-state index in [4.69, 9.17) is 10.5 Å². The minimum absolute atomic E-state index is 0.416. The van der Waals surface area contributed by atoms with Gasteiger partial charge in [-0.15, -0.1) is 0 Å². The number of methoxy groups -OCH3 is 1. The molecule has 0 unspecified atom stereocenters. The minimum Gasteiger partial charge on any atom is -0.492 e. The summed E-state index contributed by atoms with van der Waals surface area (Å²) in [6.45, 7) is 0. The van der Waals surface area contributed by atoms with Gasteiger partial charge in [-0.1, -0.05) is 30.3 Å². The van der Waals surface area contributed by atoms with Gasteiger partial charge in [0.05, 0.1) is 7.11 Å². The van der Waals surface area contributed by atoms with Gasteiger partial charge in [0.2, 0.25) is 0 Å². The fraction of sp³-hybridized carbons (Fsp3) is 0.0833.